The number of aromatic nitrogens is 5. The Bertz CT molecular complexity index is 949. The third-order valence-corrected chi connectivity index (χ3v) is 4.37. The Labute approximate surface area is 154 Å². The quantitative estimate of drug-likeness (QED) is 0.556. The van der Waals surface area contributed by atoms with Crippen LogP contribution in [0.3, 0.4) is 0 Å². The summed E-state index contributed by atoms with van der Waals surface area (Å²) in [5.41, 5.74) is 7.84. The number of hydrogen-bond acceptors (Lipinski definition) is 7. The zero-order chi connectivity index (χ0) is 17.8. The Morgan fingerprint density at radius 2 is 1.23 bits per heavy atom. The molecule has 6 nitrogen and oxygen atoms in total. The minimum Gasteiger partial charge on any atom is -0.399 e. The molecule has 3 aromatic heterocycles. The highest BCUT2D eigenvalue weighted by molar-refractivity contribution is 7.99. The first kappa shape index (κ1) is 16.2. The monoisotopic (exact) mass is 358 g/mol. The van der Waals surface area contributed by atoms with E-state index >= 15 is 0 Å². The lowest BCUT2D eigenvalue weighted by atomic mass is 10.3. The summed E-state index contributed by atoms with van der Waals surface area (Å²) < 4.78 is 0. The van der Waals surface area contributed by atoms with Crippen LogP contribution < -0.4 is 5.73 Å². The minimum atomic E-state index is 0.513. The van der Waals surface area contributed by atoms with Crippen LogP contribution in [0, 0.1) is 0 Å². The molecule has 0 aliphatic rings. The van der Waals surface area contributed by atoms with Crippen LogP contribution >= 0.6 is 11.8 Å². The molecule has 126 valence electrons. The van der Waals surface area contributed by atoms with Crippen LogP contribution in [0.25, 0.3) is 23.0 Å². The molecule has 0 aliphatic heterocycles. The summed E-state index contributed by atoms with van der Waals surface area (Å²) in [6, 6.07) is 18.8. The Morgan fingerprint density at radius 3 is 1.73 bits per heavy atom. The van der Waals surface area contributed by atoms with Gasteiger partial charge in [-0.3, -0.25) is 9.97 Å². The van der Waals surface area contributed by atoms with Crippen molar-refractivity contribution in [1.82, 2.24) is 24.9 Å². The highest BCUT2D eigenvalue weighted by Crippen LogP contribution is 2.28. The van der Waals surface area contributed by atoms with Crippen molar-refractivity contribution in [3.8, 4) is 23.0 Å². The van der Waals surface area contributed by atoms with Crippen LogP contribution in [-0.2, 0) is 0 Å². The molecule has 0 saturated carbocycles. The smallest absolute Gasteiger partial charge is 0.196 e. The molecule has 0 bridgehead atoms. The third kappa shape index (κ3) is 3.68. The molecule has 4 aromatic rings. The number of nitrogens with two attached hydrogens (primary N) is 1. The molecule has 0 amide bonds. The van der Waals surface area contributed by atoms with E-state index in [1.165, 1.54) is 11.8 Å². The number of hydrogen-bond donors (Lipinski definition) is 1. The maximum atomic E-state index is 5.75. The number of nitrogens with zero attached hydrogens (tertiary/aromatic N) is 5. The van der Waals surface area contributed by atoms with Gasteiger partial charge in [0, 0.05) is 23.0 Å². The zero-order valence-electron chi connectivity index (χ0n) is 13.6. The topological polar surface area (TPSA) is 90.5 Å². The molecule has 0 atom stereocenters. The lowest BCUT2D eigenvalue weighted by Crippen LogP contribution is -2.00. The molecular weight excluding hydrogens is 344 g/mol. The van der Waals surface area contributed by atoms with Crippen molar-refractivity contribution in [1.29, 1.82) is 0 Å². The molecule has 0 spiro atoms. The van der Waals surface area contributed by atoms with Gasteiger partial charge in [0.2, 0.25) is 0 Å². The average Bonchev–Trinajstić information content (AvgIpc) is 2.71. The maximum absolute atomic E-state index is 5.75. The molecule has 7 heteroatoms. The summed E-state index contributed by atoms with van der Waals surface area (Å²) in [7, 11) is 0. The fraction of sp³-hybridized carbons (Fsp3) is 0. The first-order valence-corrected chi connectivity index (χ1v) is 8.72. The van der Waals surface area contributed by atoms with Crippen LogP contribution in [0.2, 0.25) is 0 Å². The molecular formula is C19H14N6S. The van der Waals surface area contributed by atoms with Gasteiger partial charge >= 0.3 is 0 Å². The van der Waals surface area contributed by atoms with Gasteiger partial charge in [-0.1, -0.05) is 12.1 Å². The summed E-state index contributed by atoms with van der Waals surface area (Å²) in [5, 5.41) is 0.575. The van der Waals surface area contributed by atoms with Crippen molar-refractivity contribution in [2.24, 2.45) is 0 Å². The average molecular weight is 358 g/mol. The zero-order valence-corrected chi connectivity index (χ0v) is 14.5. The number of nitrogen functional groups attached to an aromatic ring is 1. The summed E-state index contributed by atoms with van der Waals surface area (Å²) in [6.45, 7) is 0. The van der Waals surface area contributed by atoms with Crippen molar-refractivity contribution in [3.63, 3.8) is 0 Å². The Morgan fingerprint density at radius 1 is 0.654 bits per heavy atom. The van der Waals surface area contributed by atoms with Crippen molar-refractivity contribution in [3.05, 3.63) is 73.1 Å². The van der Waals surface area contributed by atoms with Crippen LogP contribution in [0.1, 0.15) is 0 Å². The van der Waals surface area contributed by atoms with Gasteiger partial charge in [0.25, 0.3) is 0 Å². The van der Waals surface area contributed by atoms with Crippen LogP contribution in [0.4, 0.5) is 5.69 Å². The van der Waals surface area contributed by atoms with Gasteiger partial charge in [-0.25, -0.2) is 15.0 Å². The Hall–Kier alpha value is -3.32. The van der Waals surface area contributed by atoms with Crippen LogP contribution in [0.15, 0.2) is 83.1 Å². The summed E-state index contributed by atoms with van der Waals surface area (Å²) in [6.07, 6.45) is 3.43. The first-order chi connectivity index (χ1) is 12.8. The van der Waals surface area contributed by atoms with E-state index in [4.69, 9.17) is 5.73 Å². The van der Waals surface area contributed by atoms with Crippen molar-refractivity contribution in [2.45, 2.75) is 10.1 Å². The number of anilines is 1. The van der Waals surface area contributed by atoms with E-state index in [-0.39, 0.29) is 0 Å². The van der Waals surface area contributed by atoms with Gasteiger partial charge in [0.05, 0.1) is 0 Å². The third-order valence-electron chi connectivity index (χ3n) is 3.49. The molecule has 0 saturated heterocycles. The second-order valence-electron chi connectivity index (χ2n) is 5.37. The molecule has 0 radical (unpaired) electrons. The predicted octanol–water partition coefficient (Wildman–Crippen LogP) is 3.73. The number of benzene rings is 1. The second-order valence-corrected chi connectivity index (χ2v) is 6.41. The molecule has 0 aliphatic carbocycles. The summed E-state index contributed by atoms with van der Waals surface area (Å²) in [5.74, 6) is 1.03. The lowest BCUT2D eigenvalue weighted by molar-refractivity contribution is 0.909. The van der Waals surface area contributed by atoms with E-state index < -0.39 is 0 Å². The fourth-order valence-electron chi connectivity index (χ4n) is 2.26. The molecule has 1 aromatic carbocycles. The highest BCUT2D eigenvalue weighted by atomic mass is 32.2. The molecule has 2 N–H and O–H groups in total. The van der Waals surface area contributed by atoms with Gasteiger partial charge in [0.1, 0.15) is 11.4 Å². The van der Waals surface area contributed by atoms with Gasteiger partial charge in [-0.05, 0) is 60.3 Å². The van der Waals surface area contributed by atoms with E-state index in [9.17, 15) is 0 Å². The first-order valence-electron chi connectivity index (χ1n) is 7.90. The SMILES string of the molecule is Nc1ccc(Sc2nc(-c3ccccn3)nc(-c3ccccn3)n2)cc1. The Balaban J connectivity index is 1.78. The van der Waals surface area contributed by atoms with E-state index in [2.05, 4.69) is 24.9 Å². The van der Waals surface area contributed by atoms with Gasteiger partial charge in [-0.15, -0.1) is 0 Å². The van der Waals surface area contributed by atoms with Gasteiger partial charge in [0.15, 0.2) is 16.8 Å². The largest absolute Gasteiger partial charge is 0.399 e. The van der Waals surface area contributed by atoms with Crippen molar-refractivity contribution >= 4 is 17.4 Å². The van der Waals surface area contributed by atoms with Crippen LogP contribution in [0.5, 0.6) is 0 Å². The fourth-order valence-corrected chi connectivity index (χ4v) is 3.01. The van der Waals surface area contributed by atoms with E-state index in [0.717, 1.165) is 4.90 Å². The normalized spacial score (nSPS) is 10.6. The minimum absolute atomic E-state index is 0.513. The second kappa shape index (κ2) is 7.28. The lowest BCUT2D eigenvalue weighted by Gasteiger charge is -2.07. The molecule has 4 rings (SSSR count). The maximum Gasteiger partial charge on any atom is 0.196 e. The Kier molecular flexibility index (Phi) is 4.53. The number of pyridine rings is 2. The number of rotatable bonds is 4. The van der Waals surface area contributed by atoms with Crippen LogP contribution in [-0.4, -0.2) is 24.9 Å². The van der Waals surface area contributed by atoms with E-state index in [1.54, 1.807) is 12.4 Å². The van der Waals surface area contributed by atoms with Gasteiger partial charge < -0.3 is 5.73 Å². The summed E-state index contributed by atoms with van der Waals surface area (Å²) >= 11 is 1.44. The highest BCUT2D eigenvalue weighted by Gasteiger charge is 2.12. The van der Waals surface area contributed by atoms with E-state index in [1.807, 2.05) is 60.7 Å². The standard InChI is InChI=1S/C19H14N6S/c20-13-7-9-14(10-8-13)26-19-24-17(15-5-1-3-11-21-15)23-18(25-19)16-6-2-4-12-22-16/h1-12H,20H2. The van der Waals surface area contributed by atoms with E-state index in [0.29, 0.717) is 33.9 Å². The predicted molar refractivity (Wildman–Crippen MR) is 101 cm³/mol. The van der Waals surface area contributed by atoms with Crippen molar-refractivity contribution < 1.29 is 0 Å². The molecule has 26 heavy (non-hydrogen) atoms. The van der Waals surface area contributed by atoms with Gasteiger partial charge in [-0.2, -0.15) is 0 Å². The molecule has 3 heterocycles. The summed E-state index contributed by atoms with van der Waals surface area (Å²) in [4.78, 5) is 23.4. The van der Waals surface area contributed by atoms with Crippen molar-refractivity contribution in [2.75, 3.05) is 5.73 Å². The molecule has 0 fully saturated rings. The molecule has 0 unspecified atom stereocenters.